The van der Waals surface area contributed by atoms with Crippen molar-refractivity contribution < 1.29 is 9.47 Å². The van der Waals surface area contributed by atoms with E-state index in [4.69, 9.17) is 9.47 Å². The van der Waals surface area contributed by atoms with Crippen molar-refractivity contribution in [1.29, 1.82) is 0 Å². The number of methoxy groups -OCH3 is 2. The SMILES string of the molecule is COc1c(C(C)(C)C)cc(Pc2cc(C(C)(C)C)c(OC)c(C(C)(C)C)c2)cc1C(C)(C)C. The molecule has 2 rings (SSSR count). The Labute approximate surface area is 205 Å². The molecule has 0 radical (unpaired) electrons. The molecular formula is C30H47O2P. The standard InChI is InChI=1S/C30H47O2P/c1-27(2,3)21-15-19(16-22(25(21)31-13)28(4,5)6)33-20-17-23(29(7,8)9)26(32-14)24(18-20)30(10,11)12/h15-18,33H,1-14H3. The van der Waals surface area contributed by atoms with Crippen molar-refractivity contribution in [1.82, 2.24) is 0 Å². The lowest BCUT2D eigenvalue weighted by molar-refractivity contribution is 0.381. The summed E-state index contributed by atoms with van der Waals surface area (Å²) >= 11 is 0. The van der Waals surface area contributed by atoms with E-state index in [1.165, 1.54) is 32.9 Å². The first kappa shape index (κ1) is 27.7. The van der Waals surface area contributed by atoms with Crippen molar-refractivity contribution in [3.05, 3.63) is 46.5 Å². The third-order valence-corrected chi connectivity index (χ3v) is 7.26. The second-order valence-corrected chi connectivity index (χ2v) is 14.7. The van der Waals surface area contributed by atoms with Gasteiger partial charge in [-0.2, -0.15) is 0 Å². The number of ether oxygens (including phenoxy) is 2. The van der Waals surface area contributed by atoms with Gasteiger partial charge in [0, 0.05) is 22.3 Å². The number of hydrogen-bond acceptors (Lipinski definition) is 2. The van der Waals surface area contributed by atoms with Crippen LogP contribution in [0.15, 0.2) is 24.3 Å². The van der Waals surface area contributed by atoms with E-state index in [0.717, 1.165) is 11.5 Å². The number of benzene rings is 2. The summed E-state index contributed by atoms with van der Waals surface area (Å²) in [6.07, 6.45) is 0. The van der Waals surface area contributed by atoms with Crippen molar-refractivity contribution >= 4 is 19.2 Å². The Morgan fingerprint density at radius 1 is 0.455 bits per heavy atom. The fourth-order valence-electron chi connectivity index (χ4n) is 4.24. The van der Waals surface area contributed by atoms with E-state index in [0.29, 0.717) is 8.58 Å². The van der Waals surface area contributed by atoms with Crippen LogP contribution in [0.4, 0.5) is 0 Å². The van der Waals surface area contributed by atoms with Crippen molar-refractivity contribution in [3.63, 3.8) is 0 Å². The Kier molecular flexibility index (Phi) is 7.77. The minimum atomic E-state index is -0.00111. The average Bonchev–Trinajstić information content (AvgIpc) is 2.63. The molecule has 2 aromatic carbocycles. The monoisotopic (exact) mass is 470 g/mol. The highest BCUT2D eigenvalue weighted by molar-refractivity contribution is 7.55. The van der Waals surface area contributed by atoms with Crippen LogP contribution in [-0.2, 0) is 21.7 Å². The van der Waals surface area contributed by atoms with Gasteiger partial charge in [0.05, 0.1) is 14.2 Å². The van der Waals surface area contributed by atoms with E-state index in [1.54, 1.807) is 14.2 Å². The molecular weight excluding hydrogens is 423 g/mol. The minimum Gasteiger partial charge on any atom is -0.496 e. The van der Waals surface area contributed by atoms with E-state index in [1.807, 2.05) is 0 Å². The summed E-state index contributed by atoms with van der Waals surface area (Å²) < 4.78 is 12.0. The minimum absolute atomic E-state index is 0.00111. The maximum absolute atomic E-state index is 5.98. The molecule has 0 amide bonds. The van der Waals surface area contributed by atoms with Crippen molar-refractivity contribution in [2.24, 2.45) is 0 Å². The van der Waals surface area contributed by atoms with Crippen molar-refractivity contribution in [3.8, 4) is 11.5 Å². The van der Waals surface area contributed by atoms with Crippen LogP contribution in [0.1, 0.15) is 105 Å². The number of hydrogen-bond donors (Lipinski definition) is 0. The van der Waals surface area contributed by atoms with Gasteiger partial charge in [-0.15, -0.1) is 0 Å². The molecule has 0 unspecified atom stereocenters. The topological polar surface area (TPSA) is 18.5 Å². The summed E-state index contributed by atoms with van der Waals surface area (Å²) in [4.78, 5) is 0. The molecule has 0 bridgehead atoms. The van der Waals surface area contributed by atoms with Gasteiger partial charge >= 0.3 is 0 Å². The Hall–Kier alpha value is -1.53. The summed E-state index contributed by atoms with van der Waals surface area (Å²) in [6.45, 7) is 27.2. The maximum Gasteiger partial charge on any atom is 0.126 e. The molecule has 2 nitrogen and oxygen atoms in total. The van der Waals surface area contributed by atoms with Gasteiger partial charge in [0.15, 0.2) is 0 Å². The largest absolute Gasteiger partial charge is 0.496 e. The normalized spacial score (nSPS) is 13.3. The molecule has 0 fully saturated rings. The summed E-state index contributed by atoms with van der Waals surface area (Å²) in [5, 5.41) is 2.71. The van der Waals surface area contributed by atoms with E-state index in [-0.39, 0.29) is 21.7 Å². The fourth-order valence-corrected chi connectivity index (χ4v) is 5.44. The van der Waals surface area contributed by atoms with Gasteiger partial charge in [0.25, 0.3) is 0 Å². The predicted molar refractivity (Wildman–Crippen MR) is 148 cm³/mol. The second kappa shape index (κ2) is 9.26. The van der Waals surface area contributed by atoms with Gasteiger partial charge in [-0.25, -0.2) is 0 Å². The Balaban J connectivity index is 2.79. The van der Waals surface area contributed by atoms with Gasteiger partial charge in [0.2, 0.25) is 0 Å². The Bertz CT molecular complexity index is 838. The van der Waals surface area contributed by atoms with Gasteiger partial charge in [0.1, 0.15) is 11.5 Å². The molecule has 0 N–H and O–H groups in total. The van der Waals surface area contributed by atoms with Gasteiger partial charge in [-0.3, -0.25) is 0 Å². The average molecular weight is 471 g/mol. The van der Waals surface area contributed by atoms with Crippen LogP contribution >= 0.6 is 8.58 Å². The lowest BCUT2D eigenvalue weighted by atomic mass is 9.79. The molecule has 0 aromatic heterocycles. The van der Waals surface area contributed by atoms with E-state index in [2.05, 4.69) is 107 Å². The van der Waals surface area contributed by atoms with Gasteiger partial charge in [-0.05, 0) is 56.5 Å². The lowest BCUT2D eigenvalue weighted by Gasteiger charge is -2.31. The maximum atomic E-state index is 5.98. The zero-order valence-corrected chi connectivity index (χ0v) is 24.6. The molecule has 33 heavy (non-hydrogen) atoms. The first-order valence-corrected chi connectivity index (χ1v) is 13.0. The smallest absolute Gasteiger partial charge is 0.126 e. The number of rotatable bonds is 4. The Morgan fingerprint density at radius 3 is 0.818 bits per heavy atom. The molecule has 0 aliphatic carbocycles. The molecule has 2 aromatic rings. The molecule has 0 aliphatic heterocycles. The zero-order chi connectivity index (χ0) is 25.6. The molecule has 0 saturated carbocycles. The summed E-state index contributed by atoms with van der Waals surface area (Å²) in [5.74, 6) is 2.06. The Morgan fingerprint density at radius 2 is 0.667 bits per heavy atom. The molecule has 0 aliphatic rings. The summed E-state index contributed by atoms with van der Waals surface area (Å²) in [5.41, 5.74) is 5.11. The van der Waals surface area contributed by atoms with Gasteiger partial charge < -0.3 is 9.47 Å². The molecule has 0 atom stereocenters. The fraction of sp³-hybridized carbons (Fsp3) is 0.600. The quantitative estimate of drug-likeness (QED) is 0.430. The first-order chi connectivity index (χ1) is 14.8. The highest BCUT2D eigenvalue weighted by atomic mass is 31.1. The van der Waals surface area contributed by atoms with Crippen LogP contribution in [0.2, 0.25) is 0 Å². The third-order valence-electron chi connectivity index (χ3n) is 6.11. The van der Waals surface area contributed by atoms with Crippen LogP contribution in [0, 0.1) is 0 Å². The molecule has 3 heteroatoms. The van der Waals surface area contributed by atoms with Crippen LogP contribution in [0.5, 0.6) is 11.5 Å². The first-order valence-electron chi connectivity index (χ1n) is 12.0. The van der Waals surface area contributed by atoms with E-state index >= 15 is 0 Å². The predicted octanol–water partition coefficient (Wildman–Crippen LogP) is 7.52. The second-order valence-electron chi connectivity index (χ2n) is 13.3. The van der Waals surface area contributed by atoms with Crippen LogP contribution in [-0.4, -0.2) is 14.2 Å². The molecule has 0 spiro atoms. The molecule has 0 saturated heterocycles. The van der Waals surface area contributed by atoms with Crippen LogP contribution in [0.3, 0.4) is 0 Å². The zero-order valence-electron chi connectivity index (χ0n) is 23.6. The highest BCUT2D eigenvalue weighted by Gasteiger charge is 2.29. The highest BCUT2D eigenvalue weighted by Crippen LogP contribution is 2.42. The summed E-state index contributed by atoms with van der Waals surface area (Å²) in [7, 11) is 4.17. The lowest BCUT2D eigenvalue weighted by Crippen LogP contribution is -2.24. The van der Waals surface area contributed by atoms with E-state index < -0.39 is 0 Å². The van der Waals surface area contributed by atoms with Gasteiger partial charge in [-0.1, -0.05) is 91.7 Å². The molecule has 0 heterocycles. The summed E-state index contributed by atoms with van der Waals surface area (Å²) in [6, 6.07) is 9.46. The molecule has 184 valence electrons. The van der Waals surface area contributed by atoms with Crippen molar-refractivity contribution in [2.45, 2.75) is 105 Å². The van der Waals surface area contributed by atoms with Crippen LogP contribution in [0.25, 0.3) is 0 Å². The van der Waals surface area contributed by atoms with Crippen LogP contribution < -0.4 is 20.1 Å². The van der Waals surface area contributed by atoms with E-state index in [9.17, 15) is 0 Å². The third kappa shape index (κ3) is 6.33. The van der Waals surface area contributed by atoms with Crippen molar-refractivity contribution in [2.75, 3.05) is 14.2 Å².